The van der Waals surface area contributed by atoms with Gasteiger partial charge in [-0.25, -0.2) is 4.55 Å². The molecule has 1 fully saturated rings. The van der Waals surface area contributed by atoms with E-state index < -0.39 is 69.0 Å². The fraction of sp³-hybridized carbons (Fsp3) is 0.889. The first-order valence-electron chi connectivity index (χ1n) is 6.02. The standard InChI is InChI=1S/C9H17NO10S2/c11-2-1-5(10(16)22(17,18)19)21-9-8(15)7(14)6(13)4(3-12)20-9/h4,6-9,11-15H,1-3H2,(H,17,18,19). The van der Waals surface area contributed by atoms with Crippen LogP contribution in [0.4, 0.5) is 0 Å². The molecule has 13 heteroatoms. The molecule has 0 aromatic heterocycles. The maximum absolute atomic E-state index is 11.4. The molecule has 6 N–H and O–H groups in total. The molecule has 5 unspecified atom stereocenters. The molecule has 0 bridgehead atoms. The third kappa shape index (κ3) is 4.50. The number of hydrogen-bond donors (Lipinski definition) is 6. The van der Waals surface area contributed by atoms with Crippen molar-refractivity contribution in [3.63, 3.8) is 0 Å². The van der Waals surface area contributed by atoms with Gasteiger partial charge in [0, 0.05) is 0 Å². The zero-order chi connectivity index (χ0) is 17.1. The molecule has 0 radical (unpaired) electrons. The van der Waals surface area contributed by atoms with E-state index in [-0.39, 0.29) is 0 Å². The number of nitrogens with zero attached hydrogens (tertiary/aromatic N) is 1. The van der Waals surface area contributed by atoms with Gasteiger partial charge in [-0.2, -0.15) is 0 Å². The van der Waals surface area contributed by atoms with Crippen LogP contribution in [-0.2, 0) is 15.0 Å². The first kappa shape index (κ1) is 19.5. The second-order valence-electron chi connectivity index (χ2n) is 4.39. The highest BCUT2D eigenvalue weighted by molar-refractivity contribution is 8.14. The lowest BCUT2D eigenvalue weighted by molar-refractivity contribution is -0.290. The van der Waals surface area contributed by atoms with Crippen LogP contribution in [-0.4, -0.2) is 90.8 Å². The SMILES string of the molecule is O=S(=O)(O)[N+]([O-])=C(CCO)SC1OC(CO)C(O)C(O)C1O. The Hall–Kier alpha value is -0.510. The Morgan fingerprint density at radius 1 is 1.18 bits per heavy atom. The number of aliphatic hydroxyl groups is 5. The average molecular weight is 363 g/mol. The van der Waals surface area contributed by atoms with Gasteiger partial charge in [0.2, 0.25) is 5.04 Å². The summed E-state index contributed by atoms with van der Waals surface area (Å²) in [5, 5.41) is 57.6. The van der Waals surface area contributed by atoms with E-state index in [1.165, 1.54) is 0 Å². The summed E-state index contributed by atoms with van der Waals surface area (Å²) in [6.45, 7) is -1.33. The summed E-state index contributed by atoms with van der Waals surface area (Å²) in [5.41, 5.74) is -1.41. The second-order valence-corrected chi connectivity index (χ2v) is 6.79. The van der Waals surface area contributed by atoms with Crippen molar-refractivity contribution >= 4 is 27.1 Å². The zero-order valence-electron chi connectivity index (χ0n) is 11.1. The molecule has 1 aliphatic rings. The first-order valence-corrected chi connectivity index (χ1v) is 8.29. The molecular formula is C9H17NO10S2. The third-order valence-electron chi connectivity index (χ3n) is 2.84. The molecule has 11 nitrogen and oxygen atoms in total. The number of aliphatic hydroxyl groups excluding tert-OH is 5. The van der Waals surface area contributed by atoms with Crippen LogP contribution in [0.2, 0.25) is 0 Å². The van der Waals surface area contributed by atoms with Crippen LogP contribution < -0.4 is 0 Å². The van der Waals surface area contributed by atoms with E-state index in [2.05, 4.69) is 0 Å². The van der Waals surface area contributed by atoms with Gasteiger partial charge in [-0.1, -0.05) is 4.14 Å². The van der Waals surface area contributed by atoms with E-state index in [9.17, 15) is 28.9 Å². The Labute approximate surface area is 129 Å². The van der Waals surface area contributed by atoms with Gasteiger partial charge >= 0.3 is 10.3 Å². The minimum Gasteiger partial charge on any atom is -0.605 e. The summed E-state index contributed by atoms with van der Waals surface area (Å²) in [4.78, 5) is 0. The largest absolute Gasteiger partial charge is 0.605 e. The van der Waals surface area contributed by atoms with Crippen LogP contribution in [0.25, 0.3) is 0 Å². The maximum Gasteiger partial charge on any atom is 0.518 e. The molecule has 22 heavy (non-hydrogen) atoms. The number of hydrogen-bond acceptors (Lipinski definition) is 10. The van der Waals surface area contributed by atoms with Crippen molar-refractivity contribution in [3.05, 3.63) is 5.21 Å². The molecule has 1 aliphatic heterocycles. The first-order chi connectivity index (χ1) is 10.1. The van der Waals surface area contributed by atoms with Gasteiger partial charge in [0.15, 0.2) is 0 Å². The molecule has 5 atom stereocenters. The lowest BCUT2D eigenvalue weighted by Gasteiger charge is -2.39. The molecule has 0 amide bonds. The molecule has 1 heterocycles. The van der Waals surface area contributed by atoms with E-state index >= 15 is 0 Å². The summed E-state index contributed by atoms with van der Waals surface area (Å²) in [6, 6.07) is 0. The fourth-order valence-electron chi connectivity index (χ4n) is 1.72. The Morgan fingerprint density at radius 3 is 2.23 bits per heavy atom. The summed E-state index contributed by atoms with van der Waals surface area (Å²) in [7, 11) is -5.13. The van der Waals surface area contributed by atoms with Crippen LogP contribution in [0.3, 0.4) is 0 Å². The minimum atomic E-state index is -5.13. The second kappa shape index (κ2) is 7.85. The summed E-state index contributed by atoms with van der Waals surface area (Å²) >= 11 is 0.335. The highest BCUT2D eigenvalue weighted by Crippen LogP contribution is 2.30. The molecule has 0 aliphatic carbocycles. The Morgan fingerprint density at radius 2 is 1.77 bits per heavy atom. The van der Waals surface area contributed by atoms with Crippen molar-refractivity contribution in [2.24, 2.45) is 0 Å². The van der Waals surface area contributed by atoms with Crippen molar-refractivity contribution < 1.29 is 47.4 Å². The number of ether oxygens (including phenoxy) is 1. The smallest absolute Gasteiger partial charge is 0.518 e. The lowest BCUT2D eigenvalue weighted by atomic mass is 10.0. The molecule has 0 saturated carbocycles. The molecule has 1 saturated heterocycles. The van der Waals surface area contributed by atoms with Crippen LogP contribution in [0.1, 0.15) is 6.42 Å². The van der Waals surface area contributed by atoms with E-state index in [1.807, 2.05) is 0 Å². The highest BCUT2D eigenvalue weighted by Gasteiger charge is 2.45. The van der Waals surface area contributed by atoms with Crippen molar-refractivity contribution in [3.8, 4) is 0 Å². The van der Waals surface area contributed by atoms with Crippen molar-refractivity contribution in [1.29, 1.82) is 0 Å². The molecule has 0 aromatic carbocycles. The van der Waals surface area contributed by atoms with E-state index in [0.717, 1.165) is 0 Å². The molecule has 0 spiro atoms. The van der Waals surface area contributed by atoms with Crippen LogP contribution >= 0.6 is 11.8 Å². The minimum absolute atomic E-state index is 0.335. The quantitative estimate of drug-likeness (QED) is 0.0713. The van der Waals surface area contributed by atoms with E-state index in [1.54, 1.807) is 0 Å². The molecule has 0 aromatic rings. The Kier molecular flexibility index (Phi) is 6.97. The number of rotatable bonds is 5. The summed E-state index contributed by atoms with van der Waals surface area (Å²) < 4.78 is 34.7. The van der Waals surface area contributed by atoms with Gasteiger partial charge in [0.25, 0.3) is 0 Å². The molecule has 130 valence electrons. The van der Waals surface area contributed by atoms with E-state index in [4.69, 9.17) is 19.5 Å². The predicted molar refractivity (Wildman–Crippen MR) is 73.2 cm³/mol. The summed E-state index contributed by atoms with van der Waals surface area (Å²) in [5.74, 6) is 0. The van der Waals surface area contributed by atoms with E-state index in [0.29, 0.717) is 11.8 Å². The van der Waals surface area contributed by atoms with Gasteiger partial charge in [0.05, 0.1) is 19.6 Å². The Balaban J connectivity index is 3.03. The normalized spacial score (nSPS) is 34.4. The van der Waals surface area contributed by atoms with Gasteiger partial charge in [0.1, 0.15) is 29.9 Å². The van der Waals surface area contributed by atoms with Gasteiger partial charge < -0.3 is 35.5 Å². The lowest BCUT2D eigenvalue weighted by Crippen LogP contribution is -2.57. The van der Waals surface area contributed by atoms with Gasteiger partial charge in [-0.05, 0) is 11.8 Å². The number of thioether (sulfide) groups is 1. The molecular weight excluding hydrogens is 346 g/mol. The van der Waals surface area contributed by atoms with Crippen molar-refractivity contribution in [2.45, 2.75) is 36.3 Å². The monoisotopic (exact) mass is 363 g/mol. The van der Waals surface area contributed by atoms with Gasteiger partial charge in [-0.15, -0.1) is 8.42 Å². The van der Waals surface area contributed by atoms with Crippen LogP contribution in [0.5, 0.6) is 0 Å². The Bertz CT molecular complexity index is 507. The average Bonchev–Trinajstić information content (AvgIpc) is 2.45. The topological polar surface area (TPSA) is 191 Å². The molecule has 1 rings (SSSR count). The van der Waals surface area contributed by atoms with Crippen LogP contribution in [0.15, 0.2) is 0 Å². The zero-order valence-corrected chi connectivity index (χ0v) is 12.7. The van der Waals surface area contributed by atoms with Gasteiger partial charge in [-0.3, -0.25) is 0 Å². The fourth-order valence-corrected chi connectivity index (χ4v) is 3.54. The highest BCUT2D eigenvalue weighted by atomic mass is 32.2. The predicted octanol–water partition coefficient (Wildman–Crippen LogP) is -3.39. The van der Waals surface area contributed by atoms with Crippen molar-refractivity contribution in [2.75, 3.05) is 13.2 Å². The summed E-state index contributed by atoms with van der Waals surface area (Å²) in [6.07, 6.45) is -6.72. The third-order valence-corrected chi connectivity index (χ3v) is 4.86. The van der Waals surface area contributed by atoms with Crippen molar-refractivity contribution in [1.82, 2.24) is 0 Å². The van der Waals surface area contributed by atoms with Crippen LogP contribution in [0, 0.1) is 5.21 Å². The maximum atomic E-state index is 11.4.